The van der Waals surface area contributed by atoms with E-state index in [1.165, 1.54) is 7.05 Å². The summed E-state index contributed by atoms with van der Waals surface area (Å²) in [7, 11) is -2.71. The van der Waals surface area contributed by atoms with Gasteiger partial charge >= 0.3 is 15.0 Å². The Bertz CT molecular complexity index is 621. The van der Waals surface area contributed by atoms with E-state index in [-0.39, 0.29) is 0 Å². The summed E-state index contributed by atoms with van der Waals surface area (Å²) in [5.74, 6) is -1.01. The molecule has 2 rings (SSSR count). The van der Waals surface area contributed by atoms with Gasteiger partial charge < -0.3 is 9.63 Å². The van der Waals surface area contributed by atoms with Crippen LogP contribution in [0.3, 0.4) is 0 Å². The molecule has 1 aromatic heterocycles. The fraction of sp³-hybridized carbons (Fsp3) is 0.111. The smallest absolute Gasteiger partial charge is 0.368 e. The van der Waals surface area contributed by atoms with Crippen molar-refractivity contribution in [3.8, 4) is 11.6 Å². The molecule has 7 nitrogen and oxygen atoms in total. The molecule has 0 atom stereocenters. The second kappa shape index (κ2) is 4.15. The van der Waals surface area contributed by atoms with Gasteiger partial charge in [0.2, 0.25) is 5.69 Å². The molecule has 0 saturated heterocycles. The molecule has 0 fully saturated rings. The summed E-state index contributed by atoms with van der Waals surface area (Å²) in [6.45, 7) is 0. The highest BCUT2D eigenvalue weighted by Crippen LogP contribution is 2.15. The van der Waals surface area contributed by atoms with Crippen molar-refractivity contribution in [2.45, 2.75) is 5.03 Å². The van der Waals surface area contributed by atoms with Crippen LogP contribution in [-0.4, -0.2) is 20.7 Å². The van der Waals surface area contributed by atoms with Gasteiger partial charge in [-0.25, -0.2) is 13.1 Å². The van der Waals surface area contributed by atoms with Crippen molar-refractivity contribution in [2.24, 2.45) is 0 Å². The summed E-state index contributed by atoms with van der Waals surface area (Å²) in [5, 5.41) is 14.2. The Hall–Kier alpha value is -1.93. The van der Waals surface area contributed by atoms with Crippen LogP contribution in [0.15, 0.2) is 39.9 Å². The van der Waals surface area contributed by atoms with Gasteiger partial charge in [-0.05, 0) is 11.7 Å². The maximum Gasteiger partial charge on any atom is 0.368 e. The molecule has 0 radical (unpaired) electrons. The molecule has 1 aromatic carbocycles. The van der Waals surface area contributed by atoms with E-state index in [0.29, 0.717) is 5.69 Å². The molecular formula is C9H9N3O4S. The van der Waals surface area contributed by atoms with Crippen molar-refractivity contribution in [3.63, 3.8) is 0 Å². The number of hydrogen-bond acceptors (Lipinski definition) is 5. The Kier molecular flexibility index (Phi) is 2.82. The molecule has 17 heavy (non-hydrogen) atoms. The first-order chi connectivity index (χ1) is 8.06. The van der Waals surface area contributed by atoms with E-state index in [1.807, 2.05) is 4.72 Å². The molecule has 0 unspecified atom stereocenters. The normalized spacial score (nSPS) is 11.6. The minimum Gasteiger partial charge on any atom is -0.538 e. The number of rotatable bonds is 3. The number of nitrogens with zero attached hydrogens (tertiary/aromatic N) is 2. The average Bonchev–Trinajstić information content (AvgIpc) is 2.73. The third-order valence-corrected chi connectivity index (χ3v) is 3.48. The standard InChI is InChI=1S/C9H9N3O4S/c1-10-17(14,15)8-9(13)16-11-12(8)7-5-3-2-4-6-7/h2-6,10H,1H3. The highest BCUT2D eigenvalue weighted by atomic mass is 32.2. The van der Waals surface area contributed by atoms with Crippen molar-refractivity contribution in [1.82, 2.24) is 9.99 Å². The SMILES string of the molecule is CNS(=O)(=O)c1c([O-])on[n+]1-c1ccccc1. The highest BCUT2D eigenvalue weighted by Gasteiger charge is 2.31. The van der Waals surface area contributed by atoms with E-state index in [4.69, 9.17) is 0 Å². The van der Waals surface area contributed by atoms with Gasteiger partial charge in [0, 0.05) is 12.1 Å². The van der Waals surface area contributed by atoms with E-state index in [0.717, 1.165) is 4.68 Å². The molecule has 0 spiro atoms. The zero-order chi connectivity index (χ0) is 12.5. The van der Waals surface area contributed by atoms with Crippen LogP contribution in [0.5, 0.6) is 5.95 Å². The fourth-order valence-corrected chi connectivity index (χ4v) is 2.11. The van der Waals surface area contributed by atoms with Crippen molar-refractivity contribution in [2.75, 3.05) is 7.05 Å². The molecule has 2 aromatic rings. The van der Waals surface area contributed by atoms with Crippen LogP contribution in [0, 0.1) is 0 Å². The van der Waals surface area contributed by atoms with Crippen LogP contribution >= 0.6 is 0 Å². The predicted molar refractivity (Wildman–Crippen MR) is 53.7 cm³/mol. The van der Waals surface area contributed by atoms with Crippen molar-refractivity contribution in [1.29, 1.82) is 0 Å². The minimum atomic E-state index is -3.92. The molecule has 90 valence electrons. The second-order valence-corrected chi connectivity index (χ2v) is 4.92. The zero-order valence-electron chi connectivity index (χ0n) is 8.82. The van der Waals surface area contributed by atoms with Crippen molar-refractivity contribution >= 4 is 10.0 Å². The lowest BCUT2D eigenvalue weighted by atomic mass is 10.3. The quantitative estimate of drug-likeness (QED) is 0.704. The predicted octanol–water partition coefficient (Wildman–Crippen LogP) is -1.07. The van der Waals surface area contributed by atoms with Crippen LogP contribution in [0.25, 0.3) is 5.69 Å². The van der Waals surface area contributed by atoms with Crippen LogP contribution in [0.2, 0.25) is 0 Å². The Balaban J connectivity index is 2.67. The Morgan fingerprint density at radius 1 is 1.35 bits per heavy atom. The molecule has 0 aliphatic rings. The summed E-state index contributed by atoms with van der Waals surface area (Å²) < 4.78 is 30.7. The Morgan fingerprint density at radius 3 is 2.59 bits per heavy atom. The molecule has 0 saturated carbocycles. The van der Waals surface area contributed by atoms with E-state index >= 15 is 0 Å². The van der Waals surface area contributed by atoms with Gasteiger partial charge in [-0.1, -0.05) is 18.2 Å². The molecule has 1 heterocycles. The van der Waals surface area contributed by atoms with Crippen molar-refractivity contribution in [3.05, 3.63) is 30.3 Å². The first-order valence-corrected chi connectivity index (χ1v) is 6.12. The number of sulfonamides is 1. The van der Waals surface area contributed by atoms with Crippen LogP contribution in [0.4, 0.5) is 0 Å². The van der Waals surface area contributed by atoms with Crippen molar-refractivity contribution < 1.29 is 22.7 Å². The summed E-state index contributed by atoms with van der Waals surface area (Å²) in [6.07, 6.45) is 0. The Labute approximate surface area is 97.3 Å². The van der Waals surface area contributed by atoms with E-state index in [2.05, 4.69) is 9.79 Å². The number of para-hydroxylation sites is 1. The van der Waals surface area contributed by atoms with Gasteiger partial charge in [-0.15, -0.1) is 0 Å². The minimum absolute atomic E-state index is 0.423. The lowest BCUT2D eigenvalue weighted by Gasteiger charge is -1.98. The highest BCUT2D eigenvalue weighted by molar-refractivity contribution is 7.89. The second-order valence-electron chi connectivity index (χ2n) is 3.12. The topological polar surface area (TPSA) is 99.1 Å². The zero-order valence-corrected chi connectivity index (χ0v) is 9.64. The van der Waals surface area contributed by atoms with Gasteiger partial charge in [0.1, 0.15) is 0 Å². The summed E-state index contributed by atoms with van der Waals surface area (Å²) >= 11 is 0. The molecule has 0 aliphatic heterocycles. The van der Waals surface area contributed by atoms with Gasteiger partial charge in [-0.3, -0.25) is 0 Å². The first kappa shape index (κ1) is 11.6. The molecular weight excluding hydrogens is 246 g/mol. The van der Waals surface area contributed by atoms with Gasteiger partial charge in [-0.2, -0.15) is 0 Å². The maximum atomic E-state index is 11.6. The van der Waals surface area contributed by atoms with Gasteiger partial charge in [0.25, 0.3) is 0 Å². The fourth-order valence-electron chi connectivity index (χ4n) is 1.29. The third-order valence-electron chi connectivity index (χ3n) is 2.10. The van der Waals surface area contributed by atoms with Gasteiger partial charge in [0.15, 0.2) is 5.95 Å². The van der Waals surface area contributed by atoms with Crippen LogP contribution in [-0.2, 0) is 10.0 Å². The number of benzene rings is 1. The molecule has 8 heteroatoms. The maximum absolute atomic E-state index is 11.6. The summed E-state index contributed by atoms with van der Waals surface area (Å²) in [5.41, 5.74) is 0.423. The number of hydrogen-bond donors (Lipinski definition) is 1. The first-order valence-electron chi connectivity index (χ1n) is 4.64. The molecule has 0 amide bonds. The van der Waals surface area contributed by atoms with Crippen LogP contribution in [0.1, 0.15) is 0 Å². The largest absolute Gasteiger partial charge is 0.538 e. The number of nitrogens with one attached hydrogen (secondary N) is 1. The lowest BCUT2D eigenvalue weighted by Crippen LogP contribution is -2.41. The summed E-state index contributed by atoms with van der Waals surface area (Å²) in [4.78, 5) is 0. The van der Waals surface area contributed by atoms with E-state index < -0.39 is 21.0 Å². The summed E-state index contributed by atoms with van der Waals surface area (Å²) in [6, 6.07) is 8.36. The molecule has 0 bridgehead atoms. The van der Waals surface area contributed by atoms with E-state index in [1.54, 1.807) is 30.3 Å². The average molecular weight is 255 g/mol. The molecule has 1 N–H and O–H groups in total. The lowest BCUT2D eigenvalue weighted by molar-refractivity contribution is -0.706. The number of aromatic nitrogens is 2. The van der Waals surface area contributed by atoms with E-state index in [9.17, 15) is 13.5 Å². The van der Waals surface area contributed by atoms with Gasteiger partial charge in [0.05, 0.1) is 5.27 Å². The Morgan fingerprint density at radius 2 is 2.00 bits per heavy atom. The third kappa shape index (κ3) is 1.99. The monoisotopic (exact) mass is 255 g/mol. The van der Waals surface area contributed by atoms with Crippen LogP contribution < -0.4 is 14.5 Å². The molecule has 0 aliphatic carbocycles.